The zero-order valence-corrected chi connectivity index (χ0v) is 22.8. The number of carboxylic acid groups (broad SMARTS) is 1. The van der Waals surface area contributed by atoms with Gasteiger partial charge in [0, 0.05) is 32.1 Å². The number of hydrogen-bond donors (Lipinski definition) is 4. The molecule has 1 atom stereocenters. The molecule has 15 heteroatoms. The summed E-state index contributed by atoms with van der Waals surface area (Å²) in [7, 11) is -4.07. The number of benzene rings is 1. The molecule has 4 N–H and O–H groups in total. The largest absolute Gasteiger partial charge is 0.480 e. The molecular weight excluding hydrogens is 538 g/mol. The number of imidazole rings is 1. The number of carbonyl (C=O) groups is 2. The van der Waals surface area contributed by atoms with Crippen LogP contribution in [0.1, 0.15) is 24.8 Å². The Kier molecular flexibility index (Phi) is 7.93. The van der Waals surface area contributed by atoms with E-state index in [9.17, 15) is 23.1 Å². The van der Waals surface area contributed by atoms with Gasteiger partial charge in [-0.2, -0.15) is 4.72 Å². The number of amides is 1. The van der Waals surface area contributed by atoms with Crippen LogP contribution in [0.3, 0.4) is 0 Å². The molecule has 1 saturated heterocycles. The third kappa shape index (κ3) is 6.04. The molecule has 1 aromatic carbocycles. The smallest absolute Gasteiger partial charge is 0.323 e. The van der Waals surface area contributed by atoms with Gasteiger partial charge in [-0.3, -0.25) is 19.9 Å². The highest BCUT2D eigenvalue weighted by molar-refractivity contribution is 7.89. The van der Waals surface area contributed by atoms with Crippen molar-refractivity contribution in [3.8, 4) is 0 Å². The normalized spacial score (nSPS) is 17.2. The summed E-state index contributed by atoms with van der Waals surface area (Å²) in [6.07, 6.45) is 4.98. The van der Waals surface area contributed by atoms with Gasteiger partial charge in [0.1, 0.15) is 12.4 Å². The lowest BCUT2D eigenvalue weighted by Crippen LogP contribution is -2.48. The lowest BCUT2D eigenvalue weighted by Gasteiger charge is -2.32. The van der Waals surface area contributed by atoms with E-state index < -0.39 is 22.0 Å². The number of nitrogens with zero attached hydrogens (tertiary/aromatic N) is 6. The number of aliphatic carboxylic acids is 1. The van der Waals surface area contributed by atoms with Crippen LogP contribution in [0.15, 0.2) is 46.8 Å². The van der Waals surface area contributed by atoms with Crippen molar-refractivity contribution in [1.82, 2.24) is 34.9 Å². The molecule has 1 fully saturated rings. The molecule has 0 aliphatic carbocycles. The van der Waals surface area contributed by atoms with Gasteiger partial charge in [-0.05, 0) is 38.3 Å². The number of aliphatic imine (C=N–C) groups is 1. The number of guanidine groups is 1. The number of carbonyl (C=O) groups excluding carboxylic acids is 1. The summed E-state index contributed by atoms with van der Waals surface area (Å²) in [5.74, 6) is -0.440. The summed E-state index contributed by atoms with van der Waals surface area (Å²) < 4.78 is 29.4. The number of carboxylic acids is 1. The zero-order chi connectivity index (χ0) is 28.3. The molecule has 1 unspecified atom stereocenters. The fourth-order valence-electron chi connectivity index (χ4n) is 4.76. The molecular formula is C25H31N9O5S. The minimum atomic E-state index is -4.07. The first-order valence-corrected chi connectivity index (χ1v) is 14.5. The van der Waals surface area contributed by atoms with E-state index in [1.54, 1.807) is 12.1 Å². The number of anilines is 1. The predicted octanol–water partition coefficient (Wildman–Crippen LogP) is 0.248. The maximum absolute atomic E-state index is 12.8. The van der Waals surface area contributed by atoms with Crippen LogP contribution in [-0.4, -0.2) is 83.1 Å². The van der Waals surface area contributed by atoms with Crippen molar-refractivity contribution in [2.45, 2.75) is 43.7 Å². The van der Waals surface area contributed by atoms with E-state index in [2.05, 4.69) is 35.3 Å². The van der Waals surface area contributed by atoms with Crippen molar-refractivity contribution in [3.05, 3.63) is 42.5 Å². The van der Waals surface area contributed by atoms with Gasteiger partial charge < -0.3 is 19.9 Å². The average molecular weight is 570 g/mol. The van der Waals surface area contributed by atoms with Crippen molar-refractivity contribution >= 4 is 44.8 Å². The minimum Gasteiger partial charge on any atom is -0.480 e. The zero-order valence-electron chi connectivity index (χ0n) is 21.9. The first-order valence-electron chi connectivity index (χ1n) is 13.0. The first kappa shape index (κ1) is 27.5. The van der Waals surface area contributed by atoms with Crippen LogP contribution in [0.4, 0.5) is 5.82 Å². The van der Waals surface area contributed by atoms with E-state index in [0.29, 0.717) is 55.4 Å². The molecule has 212 valence electrons. The highest BCUT2D eigenvalue weighted by atomic mass is 32.2. The van der Waals surface area contributed by atoms with Crippen molar-refractivity contribution in [3.63, 3.8) is 0 Å². The number of aromatic nitrogens is 4. The van der Waals surface area contributed by atoms with E-state index >= 15 is 0 Å². The lowest BCUT2D eigenvalue weighted by atomic mass is 9.96. The van der Waals surface area contributed by atoms with Gasteiger partial charge in [0.15, 0.2) is 22.9 Å². The van der Waals surface area contributed by atoms with Crippen LogP contribution in [0.2, 0.25) is 0 Å². The van der Waals surface area contributed by atoms with E-state index in [-0.39, 0.29) is 23.3 Å². The summed E-state index contributed by atoms with van der Waals surface area (Å²) in [5, 5.41) is 15.8. The third-order valence-corrected chi connectivity index (χ3v) is 8.48. The first-order chi connectivity index (χ1) is 19.2. The Labute approximate surface area is 231 Å². The number of rotatable bonds is 8. The van der Waals surface area contributed by atoms with Gasteiger partial charge in [0.25, 0.3) is 0 Å². The van der Waals surface area contributed by atoms with Gasteiger partial charge in [0.05, 0.1) is 17.8 Å². The van der Waals surface area contributed by atoms with E-state index in [4.69, 9.17) is 0 Å². The summed E-state index contributed by atoms with van der Waals surface area (Å²) in [5.41, 5.74) is 1.73. The average Bonchev–Trinajstić information content (AvgIpc) is 3.36. The topological polar surface area (TPSA) is 184 Å². The number of piperidine rings is 1. The second-order valence-electron chi connectivity index (χ2n) is 9.85. The van der Waals surface area contributed by atoms with Gasteiger partial charge in [-0.1, -0.05) is 17.7 Å². The highest BCUT2D eigenvalue weighted by Crippen LogP contribution is 2.27. The predicted molar refractivity (Wildman–Crippen MR) is 146 cm³/mol. The van der Waals surface area contributed by atoms with Gasteiger partial charge in [0.2, 0.25) is 15.9 Å². The number of aryl methyl sites for hydroxylation is 1. The standard InChI is InChI=1S/C25H31N9O5S/c1-16-3-5-18(6-4-16)40(38,39)32-19(24(36)37)13-34-15-30-20-21(28-14-29-22(20)34)33-11-7-17(8-12-33)23(35)31-25-26-9-2-10-27-25/h3-6,14-15,17,19,32H,2,7-13H2,1H3,(H,36,37)(H2,26,27,31,35). The summed E-state index contributed by atoms with van der Waals surface area (Å²) in [4.78, 5) is 44.1. The van der Waals surface area contributed by atoms with Crippen LogP contribution >= 0.6 is 0 Å². The number of fused-ring (bicyclic) bond motifs is 1. The molecule has 0 spiro atoms. The molecule has 0 radical (unpaired) electrons. The monoisotopic (exact) mass is 569 g/mol. The Balaban J connectivity index is 1.27. The maximum Gasteiger partial charge on any atom is 0.323 e. The van der Waals surface area contributed by atoms with Gasteiger partial charge in [-0.15, -0.1) is 0 Å². The van der Waals surface area contributed by atoms with Crippen molar-refractivity contribution in [2.75, 3.05) is 31.1 Å². The van der Waals surface area contributed by atoms with Gasteiger partial charge >= 0.3 is 5.97 Å². The van der Waals surface area contributed by atoms with E-state index in [0.717, 1.165) is 18.5 Å². The Hall–Kier alpha value is -4.11. The molecule has 2 aromatic heterocycles. The van der Waals surface area contributed by atoms with Crippen molar-refractivity contribution in [1.29, 1.82) is 0 Å². The number of hydrogen-bond acceptors (Lipinski definition) is 10. The van der Waals surface area contributed by atoms with Crippen LogP contribution in [0.5, 0.6) is 0 Å². The molecule has 2 aliphatic rings. The van der Waals surface area contributed by atoms with E-state index in [1.165, 1.54) is 29.4 Å². The number of nitrogens with one attached hydrogen (secondary N) is 3. The second-order valence-corrected chi connectivity index (χ2v) is 11.6. The molecule has 0 saturated carbocycles. The van der Waals surface area contributed by atoms with Gasteiger partial charge in [-0.25, -0.2) is 23.4 Å². The summed E-state index contributed by atoms with van der Waals surface area (Å²) in [6.45, 7) is 4.24. The molecule has 0 bridgehead atoms. The van der Waals surface area contributed by atoms with Crippen LogP contribution in [0, 0.1) is 12.8 Å². The molecule has 40 heavy (non-hydrogen) atoms. The molecule has 3 aromatic rings. The third-order valence-electron chi connectivity index (χ3n) is 6.99. The van der Waals surface area contributed by atoms with Crippen molar-refractivity contribution in [2.24, 2.45) is 10.9 Å². The lowest BCUT2D eigenvalue weighted by molar-refractivity contribution is -0.139. The number of sulfonamides is 1. The summed E-state index contributed by atoms with van der Waals surface area (Å²) in [6, 6.07) is 4.68. The molecule has 1 amide bonds. The molecule has 4 heterocycles. The summed E-state index contributed by atoms with van der Waals surface area (Å²) >= 11 is 0. The second kappa shape index (κ2) is 11.6. The Morgan fingerprint density at radius 3 is 2.58 bits per heavy atom. The highest BCUT2D eigenvalue weighted by Gasteiger charge is 2.30. The fourth-order valence-corrected chi connectivity index (χ4v) is 5.94. The van der Waals surface area contributed by atoms with Crippen LogP contribution in [-0.2, 0) is 26.2 Å². The Bertz CT molecular complexity index is 1530. The van der Waals surface area contributed by atoms with Crippen molar-refractivity contribution < 1.29 is 23.1 Å². The Morgan fingerprint density at radius 2 is 1.90 bits per heavy atom. The Morgan fingerprint density at radius 1 is 1.15 bits per heavy atom. The van der Waals surface area contributed by atoms with Crippen LogP contribution < -0.4 is 20.3 Å². The quantitative estimate of drug-likeness (QED) is 0.293. The SMILES string of the molecule is Cc1ccc(S(=O)(=O)NC(Cn2cnc3c(N4CCC(C(=O)NC5=NCCCN5)CC4)ncnc32)C(=O)O)cc1. The molecule has 5 rings (SSSR count). The van der Waals surface area contributed by atoms with E-state index in [1.807, 2.05) is 11.8 Å². The minimum absolute atomic E-state index is 0.0236. The molecule has 2 aliphatic heterocycles. The molecule has 14 nitrogen and oxygen atoms in total. The van der Waals surface area contributed by atoms with Crippen LogP contribution in [0.25, 0.3) is 11.2 Å². The maximum atomic E-state index is 12.8. The fraction of sp³-hybridized carbons (Fsp3) is 0.440.